The van der Waals surface area contributed by atoms with Crippen LogP contribution in [0.1, 0.15) is 20.3 Å². The molecule has 0 saturated carbocycles. The van der Waals surface area contributed by atoms with E-state index in [-0.39, 0.29) is 5.48 Å². The molecule has 0 amide bonds. The molecule has 40 valence electrons. The van der Waals surface area contributed by atoms with Crippen molar-refractivity contribution in [2.75, 3.05) is 0 Å². The third-order valence-electron chi connectivity index (χ3n) is 0.781. The summed E-state index contributed by atoms with van der Waals surface area (Å²) in [6.07, 6.45) is 1.46. The van der Waals surface area contributed by atoms with Crippen LogP contribution in [0, 0.1) is 5.92 Å². The van der Waals surface area contributed by atoms with Crippen molar-refractivity contribution in [3.05, 3.63) is 0 Å². The Balaban J connectivity index is 0. The number of hydrogen-bond donors (Lipinski definition) is 0. The first kappa shape index (κ1) is 10.8. The van der Waals surface area contributed by atoms with Gasteiger partial charge in [0.15, 0.2) is 0 Å². The summed E-state index contributed by atoms with van der Waals surface area (Å²) in [6, 6.07) is 0. The molecule has 0 aromatic heterocycles. The van der Waals surface area contributed by atoms with E-state index in [9.17, 15) is 0 Å². The van der Waals surface area contributed by atoms with Gasteiger partial charge in [0.25, 0.3) is 0 Å². The van der Waals surface area contributed by atoms with Gasteiger partial charge < -0.3 is 5.48 Å². The van der Waals surface area contributed by atoms with Gasteiger partial charge in [-0.2, -0.15) is 0 Å². The van der Waals surface area contributed by atoms with Crippen molar-refractivity contribution in [3.8, 4) is 0 Å². The molecule has 0 saturated heterocycles. The van der Waals surface area contributed by atoms with Crippen LogP contribution in [0.3, 0.4) is 0 Å². The van der Waals surface area contributed by atoms with Gasteiger partial charge in [-0.15, -0.1) is 0 Å². The average molecular weight is 289 g/mol. The minimum absolute atomic E-state index is 0. The molecule has 1 N–H and O–H groups in total. The average Bonchev–Trinajstić information content (AvgIpc) is 1.35. The Morgan fingerprint density at radius 3 is 1.86 bits per heavy atom. The quantitative estimate of drug-likeness (QED) is 0.713. The zero-order valence-corrected chi connectivity index (χ0v) is 10.6. The fraction of sp³-hybridized carbons (Fsp3) is 1.00. The molecule has 0 aromatic carbocycles. The molecule has 0 fully saturated rings. The third-order valence-corrected chi connectivity index (χ3v) is 2.37. The zero-order chi connectivity index (χ0) is 4.99. The molecular formula is C5H12HgO. The van der Waals surface area contributed by atoms with Crippen LogP contribution in [-0.2, 0) is 26.1 Å². The van der Waals surface area contributed by atoms with Crippen LogP contribution in [0.25, 0.3) is 0 Å². The molecule has 0 aliphatic carbocycles. The Bertz CT molecular complexity index is 29.3. The molecule has 0 unspecified atom stereocenters. The molecule has 0 heterocycles. The molecule has 2 heteroatoms. The van der Waals surface area contributed by atoms with E-state index in [0.717, 1.165) is 32.0 Å². The summed E-state index contributed by atoms with van der Waals surface area (Å²) in [4.78, 5) is 0. The SMILES string of the molecule is CC(C)C[CH2][Hg+].[OH-]. The fourth-order valence-electron chi connectivity index (χ4n) is 0.408. The molecule has 0 aliphatic heterocycles. The molecule has 0 spiro atoms. The van der Waals surface area contributed by atoms with Crippen molar-refractivity contribution in [2.24, 2.45) is 5.92 Å². The van der Waals surface area contributed by atoms with Crippen LogP contribution in [0.15, 0.2) is 0 Å². The summed E-state index contributed by atoms with van der Waals surface area (Å²) in [5, 5.41) is 0. The van der Waals surface area contributed by atoms with E-state index in [2.05, 4.69) is 13.8 Å². The van der Waals surface area contributed by atoms with Crippen molar-refractivity contribution in [2.45, 2.75) is 24.2 Å². The van der Waals surface area contributed by atoms with Gasteiger partial charge in [0.1, 0.15) is 0 Å². The van der Waals surface area contributed by atoms with E-state index in [0.29, 0.717) is 0 Å². The predicted octanol–water partition coefficient (Wildman–Crippen LogP) is 1.82. The second-order valence-corrected chi connectivity index (χ2v) is 4.78. The van der Waals surface area contributed by atoms with Gasteiger partial charge in [-0.05, 0) is 0 Å². The summed E-state index contributed by atoms with van der Waals surface area (Å²) < 4.78 is 1.53. The molecule has 0 radical (unpaired) electrons. The molecule has 0 aromatic rings. The van der Waals surface area contributed by atoms with E-state index >= 15 is 0 Å². The Labute approximate surface area is 61.8 Å². The second-order valence-electron chi connectivity index (χ2n) is 2.04. The van der Waals surface area contributed by atoms with E-state index in [1.54, 1.807) is 0 Å². The van der Waals surface area contributed by atoms with Crippen LogP contribution in [0.5, 0.6) is 0 Å². The van der Waals surface area contributed by atoms with Crippen molar-refractivity contribution in [1.29, 1.82) is 0 Å². The van der Waals surface area contributed by atoms with Gasteiger partial charge in [-0.3, -0.25) is 0 Å². The Kier molecular flexibility index (Phi) is 10.6. The van der Waals surface area contributed by atoms with E-state index in [4.69, 9.17) is 0 Å². The molecule has 7 heavy (non-hydrogen) atoms. The second kappa shape index (κ2) is 6.90. The van der Waals surface area contributed by atoms with Crippen LogP contribution in [0.4, 0.5) is 0 Å². The zero-order valence-electron chi connectivity index (χ0n) is 5.15. The summed E-state index contributed by atoms with van der Waals surface area (Å²) in [5.74, 6) is 0.947. The normalized spacial score (nSPS) is 8.71. The van der Waals surface area contributed by atoms with Crippen LogP contribution >= 0.6 is 0 Å². The number of rotatable bonds is 2. The van der Waals surface area contributed by atoms with Crippen molar-refractivity contribution < 1.29 is 31.6 Å². The Morgan fingerprint density at radius 1 is 1.43 bits per heavy atom. The van der Waals surface area contributed by atoms with Crippen LogP contribution in [0.2, 0.25) is 3.93 Å². The minimum Gasteiger partial charge on any atom is -0.870 e. The first-order valence-electron chi connectivity index (χ1n) is 2.56. The molecule has 0 rings (SSSR count). The molecule has 0 bridgehead atoms. The van der Waals surface area contributed by atoms with Gasteiger partial charge in [-0.1, -0.05) is 0 Å². The Hall–Kier alpha value is 0.895. The standard InChI is InChI=1S/C5H11.Hg.H2O/c1-4-5(2)3;;/h5H,1,4H2,2-3H3;;1H2/q;+1;/p-1. The van der Waals surface area contributed by atoms with Gasteiger partial charge in [0.2, 0.25) is 0 Å². The predicted molar refractivity (Wildman–Crippen MR) is 26.2 cm³/mol. The maximum Gasteiger partial charge on any atom is -0.870 e. The largest absolute Gasteiger partial charge is 0.870 e. The summed E-state index contributed by atoms with van der Waals surface area (Å²) in [7, 11) is 0. The monoisotopic (exact) mass is 290 g/mol. The molecule has 0 aliphatic rings. The first-order chi connectivity index (χ1) is 2.77. The summed E-state index contributed by atoms with van der Waals surface area (Å²) in [5.41, 5.74) is 0. The third kappa shape index (κ3) is 10.9. The maximum atomic E-state index is 2.28. The van der Waals surface area contributed by atoms with Crippen molar-refractivity contribution in [3.63, 3.8) is 0 Å². The van der Waals surface area contributed by atoms with Gasteiger partial charge in [-0.25, -0.2) is 0 Å². The molecule has 0 atom stereocenters. The Morgan fingerprint density at radius 2 is 1.86 bits per heavy atom. The van der Waals surface area contributed by atoms with Gasteiger partial charge in [0.05, 0.1) is 0 Å². The van der Waals surface area contributed by atoms with Gasteiger partial charge in [0, 0.05) is 0 Å². The summed E-state index contributed by atoms with van der Waals surface area (Å²) in [6.45, 7) is 4.57. The topological polar surface area (TPSA) is 30.0 Å². The van der Waals surface area contributed by atoms with Crippen LogP contribution in [-0.4, -0.2) is 5.48 Å². The van der Waals surface area contributed by atoms with Crippen molar-refractivity contribution >= 4 is 0 Å². The van der Waals surface area contributed by atoms with Gasteiger partial charge >= 0.3 is 56.2 Å². The molecular weight excluding hydrogens is 277 g/mol. The van der Waals surface area contributed by atoms with E-state index < -0.39 is 0 Å². The van der Waals surface area contributed by atoms with Crippen molar-refractivity contribution in [1.82, 2.24) is 0 Å². The van der Waals surface area contributed by atoms with E-state index in [1.807, 2.05) is 0 Å². The fourth-order valence-corrected chi connectivity index (χ4v) is 3.58. The maximum absolute atomic E-state index is 2.28. The smallest absolute Gasteiger partial charge is 0.870 e. The molecule has 1 nitrogen and oxygen atoms in total. The number of hydrogen-bond acceptors (Lipinski definition) is 1. The minimum atomic E-state index is 0. The summed E-state index contributed by atoms with van der Waals surface area (Å²) >= 11 is 1.05. The van der Waals surface area contributed by atoms with Crippen LogP contribution < -0.4 is 0 Å². The van der Waals surface area contributed by atoms with E-state index in [1.165, 1.54) is 10.4 Å². The first-order valence-corrected chi connectivity index (χ1v) is 6.45.